The number of methoxy groups -OCH3 is 1. The summed E-state index contributed by atoms with van der Waals surface area (Å²) >= 11 is 0. The number of carbonyl (C=O) groups is 1. The molecule has 3 aromatic rings. The van der Waals surface area contributed by atoms with E-state index >= 15 is 0 Å². The zero-order valence-corrected chi connectivity index (χ0v) is 16.3. The van der Waals surface area contributed by atoms with E-state index < -0.39 is 0 Å². The highest BCUT2D eigenvalue weighted by Gasteiger charge is 2.13. The summed E-state index contributed by atoms with van der Waals surface area (Å²) in [5, 5.41) is 2.86. The Morgan fingerprint density at radius 2 is 1.82 bits per heavy atom. The topological polar surface area (TPSA) is 67.4 Å². The van der Waals surface area contributed by atoms with E-state index in [-0.39, 0.29) is 5.91 Å². The lowest BCUT2D eigenvalue weighted by Crippen LogP contribution is -2.24. The first kappa shape index (κ1) is 19.4. The van der Waals surface area contributed by atoms with E-state index in [4.69, 9.17) is 4.74 Å². The number of nitrogens with one attached hydrogen (secondary N) is 1. The van der Waals surface area contributed by atoms with Crippen molar-refractivity contribution in [2.45, 2.75) is 20.4 Å². The third-order valence-corrected chi connectivity index (χ3v) is 4.38. The van der Waals surface area contributed by atoms with E-state index in [9.17, 15) is 4.79 Å². The fourth-order valence-corrected chi connectivity index (χ4v) is 2.84. The van der Waals surface area contributed by atoms with Crippen LogP contribution in [0.5, 0.6) is 5.75 Å². The molecule has 0 atom stereocenters. The number of carbonyl (C=O) groups excluding carboxylic acids is 1. The van der Waals surface area contributed by atoms with E-state index in [1.54, 1.807) is 19.5 Å². The highest BCUT2D eigenvalue weighted by Crippen LogP contribution is 2.25. The van der Waals surface area contributed by atoms with Crippen LogP contribution < -0.4 is 15.0 Å². The number of amides is 1. The van der Waals surface area contributed by atoms with Crippen LogP contribution in [-0.2, 0) is 6.54 Å². The van der Waals surface area contributed by atoms with Gasteiger partial charge in [0.2, 0.25) is 5.95 Å². The molecule has 0 aliphatic carbocycles. The highest BCUT2D eigenvalue weighted by molar-refractivity contribution is 6.04. The van der Waals surface area contributed by atoms with Crippen molar-refractivity contribution in [3.63, 3.8) is 0 Å². The number of anilines is 2. The molecule has 1 N–H and O–H groups in total. The average Bonchev–Trinajstić information content (AvgIpc) is 2.73. The Labute approximate surface area is 165 Å². The van der Waals surface area contributed by atoms with Gasteiger partial charge in [-0.2, -0.15) is 0 Å². The lowest BCUT2D eigenvalue weighted by molar-refractivity contribution is 0.102. The van der Waals surface area contributed by atoms with Gasteiger partial charge in [-0.05, 0) is 37.1 Å². The summed E-state index contributed by atoms with van der Waals surface area (Å²) in [6, 6.07) is 15.8. The molecule has 1 aromatic heterocycles. The van der Waals surface area contributed by atoms with Crippen molar-refractivity contribution in [2.75, 3.05) is 23.9 Å². The normalized spacial score (nSPS) is 10.4. The van der Waals surface area contributed by atoms with Gasteiger partial charge in [0, 0.05) is 25.5 Å². The molecule has 0 saturated carbocycles. The lowest BCUT2D eigenvalue weighted by atomic mass is 10.2. The molecule has 0 aliphatic rings. The van der Waals surface area contributed by atoms with Gasteiger partial charge in [0.05, 0.1) is 18.4 Å². The summed E-state index contributed by atoms with van der Waals surface area (Å²) < 4.78 is 5.31. The monoisotopic (exact) mass is 376 g/mol. The molecule has 0 aliphatic heterocycles. The number of rotatable bonds is 7. The molecule has 0 unspecified atom stereocenters. The first-order chi connectivity index (χ1) is 13.6. The van der Waals surface area contributed by atoms with Crippen molar-refractivity contribution >= 4 is 17.5 Å². The van der Waals surface area contributed by atoms with Crippen molar-refractivity contribution in [3.8, 4) is 5.75 Å². The summed E-state index contributed by atoms with van der Waals surface area (Å²) in [7, 11) is 1.57. The van der Waals surface area contributed by atoms with E-state index in [1.165, 1.54) is 5.56 Å². The molecule has 3 rings (SSSR count). The van der Waals surface area contributed by atoms with Crippen molar-refractivity contribution in [1.29, 1.82) is 0 Å². The fraction of sp³-hybridized carbons (Fsp3) is 0.227. The van der Waals surface area contributed by atoms with Crippen molar-refractivity contribution in [2.24, 2.45) is 0 Å². The summed E-state index contributed by atoms with van der Waals surface area (Å²) in [4.78, 5) is 23.4. The lowest BCUT2D eigenvalue weighted by Gasteiger charge is -2.20. The Hall–Kier alpha value is -3.41. The molecule has 2 aromatic carbocycles. The van der Waals surface area contributed by atoms with Gasteiger partial charge in [0.15, 0.2) is 0 Å². The predicted molar refractivity (Wildman–Crippen MR) is 111 cm³/mol. The Bertz CT molecular complexity index is 927. The predicted octanol–water partition coefficient (Wildman–Crippen LogP) is 4.07. The largest absolute Gasteiger partial charge is 0.495 e. The maximum atomic E-state index is 12.6. The van der Waals surface area contributed by atoms with Gasteiger partial charge in [-0.25, -0.2) is 9.97 Å². The second-order valence-electron chi connectivity index (χ2n) is 6.43. The second kappa shape index (κ2) is 8.99. The summed E-state index contributed by atoms with van der Waals surface area (Å²) in [6.07, 6.45) is 3.10. The van der Waals surface area contributed by atoms with Crippen LogP contribution in [-0.4, -0.2) is 29.5 Å². The minimum absolute atomic E-state index is 0.276. The van der Waals surface area contributed by atoms with Crippen LogP contribution in [0.1, 0.15) is 28.4 Å². The average molecular weight is 376 g/mol. The van der Waals surface area contributed by atoms with Crippen molar-refractivity contribution in [3.05, 3.63) is 77.6 Å². The van der Waals surface area contributed by atoms with Crippen LogP contribution in [0.2, 0.25) is 0 Å². The summed E-state index contributed by atoms with van der Waals surface area (Å²) in [6.45, 7) is 5.49. The Kier molecular flexibility index (Phi) is 6.22. The van der Waals surface area contributed by atoms with Gasteiger partial charge in [0.1, 0.15) is 5.75 Å². The first-order valence-electron chi connectivity index (χ1n) is 9.17. The number of aromatic nitrogens is 2. The van der Waals surface area contributed by atoms with E-state index in [0.29, 0.717) is 29.5 Å². The van der Waals surface area contributed by atoms with Crippen LogP contribution in [0.15, 0.2) is 60.9 Å². The van der Waals surface area contributed by atoms with Crippen molar-refractivity contribution < 1.29 is 9.53 Å². The number of ether oxygens (including phenoxy) is 1. The number of benzene rings is 2. The van der Waals surface area contributed by atoms with Gasteiger partial charge in [-0.3, -0.25) is 4.79 Å². The molecule has 0 bridgehead atoms. The molecule has 0 radical (unpaired) electrons. The molecular formula is C22H24N4O2. The number of nitrogens with zero attached hydrogens (tertiary/aromatic N) is 3. The van der Waals surface area contributed by atoms with Crippen LogP contribution in [0.4, 0.5) is 11.6 Å². The zero-order valence-electron chi connectivity index (χ0n) is 16.3. The van der Waals surface area contributed by atoms with Crippen LogP contribution >= 0.6 is 0 Å². The summed E-state index contributed by atoms with van der Waals surface area (Å²) in [5.41, 5.74) is 3.22. The third-order valence-electron chi connectivity index (χ3n) is 4.38. The third kappa shape index (κ3) is 4.65. The Balaban J connectivity index is 1.72. The number of hydrogen-bond donors (Lipinski definition) is 1. The van der Waals surface area contributed by atoms with Crippen LogP contribution in [0.25, 0.3) is 0 Å². The molecule has 28 heavy (non-hydrogen) atoms. The SMILES string of the molecule is CCN(Cc1ccccc1)c1ncc(C(=O)Nc2cc(C)ccc2OC)cn1. The molecule has 1 heterocycles. The van der Waals surface area contributed by atoms with Crippen LogP contribution in [0.3, 0.4) is 0 Å². The number of hydrogen-bond acceptors (Lipinski definition) is 5. The maximum absolute atomic E-state index is 12.6. The minimum Gasteiger partial charge on any atom is -0.495 e. The Morgan fingerprint density at radius 3 is 2.46 bits per heavy atom. The highest BCUT2D eigenvalue weighted by atomic mass is 16.5. The van der Waals surface area contributed by atoms with E-state index in [1.807, 2.05) is 43.3 Å². The molecular weight excluding hydrogens is 352 g/mol. The molecule has 0 spiro atoms. The number of aryl methyl sites for hydroxylation is 1. The van der Waals surface area contributed by atoms with Gasteiger partial charge >= 0.3 is 0 Å². The van der Waals surface area contributed by atoms with E-state index in [2.05, 4.69) is 39.2 Å². The Morgan fingerprint density at radius 1 is 1.11 bits per heavy atom. The molecule has 144 valence electrons. The molecule has 6 nitrogen and oxygen atoms in total. The van der Waals surface area contributed by atoms with Gasteiger partial charge in [0.25, 0.3) is 5.91 Å². The van der Waals surface area contributed by atoms with Gasteiger partial charge < -0.3 is 15.0 Å². The first-order valence-corrected chi connectivity index (χ1v) is 9.17. The minimum atomic E-state index is -0.276. The smallest absolute Gasteiger partial charge is 0.258 e. The van der Waals surface area contributed by atoms with Gasteiger partial charge in [-0.1, -0.05) is 36.4 Å². The van der Waals surface area contributed by atoms with Crippen molar-refractivity contribution in [1.82, 2.24) is 9.97 Å². The standard InChI is InChI=1S/C22H24N4O2/c1-4-26(15-17-8-6-5-7-9-17)22-23-13-18(14-24-22)21(27)25-19-12-16(2)10-11-20(19)28-3/h5-14H,4,15H2,1-3H3,(H,25,27). The molecule has 1 amide bonds. The quantitative estimate of drug-likeness (QED) is 0.673. The zero-order chi connectivity index (χ0) is 19.9. The van der Waals surface area contributed by atoms with Gasteiger partial charge in [-0.15, -0.1) is 0 Å². The van der Waals surface area contributed by atoms with E-state index in [0.717, 1.165) is 12.1 Å². The van der Waals surface area contributed by atoms with Crippen LogP contribution in [0, 0.1) is 6.92 Å². The molecule has 0 saturated heterocycles. The fourth-order valence-electron chi connectivity index (χ4n) is 2.84. The molecule has 0 fully saturated rings. The summed E-state index contributed by atoms with van der Waals surface area (Å²) in [5.74, 6) is 0.925. The second-order valence-corrected chi connectivity index (χ2v) is 6.43. The molecule has 6 heteroatoms. The maximum Gasteiger partial charge on any atom is 0.258 e.